The molecule has 7 nitrogen and oxygen atoms in total. The maximum atomic E-state index is 8.84. The SMILES string of the molecule is Cc1cnc(NN)nc1N(CCC#N)Cc1cccnc1. The minimum atomic E-state index is 0.351. The molecule has 0 bridgehead atoms. The van der Waals surface area contributed by atoms with Crippen LogP contribution in [0, 0.1) is 18.3 Å². The zero-order valence-electron chi connectivity index (χ0n) is 11.8. The summed E-state index contributed by atoms with van der Waals surface area (Å²) in [6, 6.07) is 6.04. The molecule has 2 aromatic heterocycles. The fourth-order valence-corrected chi connectivity index (χ4v) is 1.98. The molecule has 0 aliphatic carbocycles. The second kappa shape index (κ2) is 7.17. The second-order valence-corrected chi connectivity index (χ2v) is 4.54. The molecule has 2 rings (SSSR count). The average Bonchev–Trinajstić information content (AvgIpc) is 2.53. The Morgan fingerprint density at radius 2 is 2.29 bits per heavy atom. The van der Waals surface area contributed by atoms with E-state index in [1.807, 2.05) is 24.0 Å². The molecule has 0 fully saturated rings. The predicted molar refractivity (Wildman–Crippen MR) is 80.1 cm³/mol. The van der Waals surface area contributed by atoms with Crippen molar-refractivity contribution < 1.29 is 0 Å². The van der Waals surface area contributed by atoms with Crippen LogP contribution in [0.25, 0.3) is 0 Å². The summed E-state index contributed by atoms with van der Waals surface area (Å²) in [4.78, 5) is 14.6. The normalized spacial score (nSPS) is 9.95. The van der Waals surface area contributed by atoms with Gasteiger partial charge < -0.3 is 4.90 Å². The van der Waals surface area contributed by atoms with Gasteiger partial charge in [0.2, 0.25) is 5.95 Å². The van der Waals surface area contributed by atoms with Crippen LogP contribution in [0.3, 0.4) is 0 Å². The van der Waals surface area contributed by atoms with Gasteiger partial charge in [0.25, 0.3) is 0 Å². The molecular weight excluding hydrogens is 266 g/mol. The molecule has 2 heterocycles. The second-order valence-electron chi connectivity index (χ2n) is 4.54. The number of hydrogen-bond acceptors (Lipinski definition) is 7. The van der Waals surface area contributed by atoms with Gasteiger partial charge in [0.1, 0.15) is 5.82 Å². The van der Waals surface area contributed by atoms with E-state index in [1.165, 1.54) is 0 Å². The monoisotopic (exact) mass is 283 g/mol. The van der Waals surface area contributed by atoms with Crippen molar-refractivity contribution in [2.45, 2.75) is 19.9 Å². The maximum absolute atomic E-state index is 8.84. The fourth-order valence-electron chi connectivity index (χ4n) is 1.98. The summed E-state index contributed by atoms with van der Waals surface area (Å²) in [6.07, 6.45) is 5.66. The Morgan fingerprint density at radius 1 is 1.43 bits per heavy atom. The molecule has 7 heteroatoms. The Kier molecular flexibility index (Phi) is 5.01. The Balaban J connectivity index is 2.29. The number of nitrogen functional groups attached to an aromatic ring is 1. The van der Waals surface area contributed by atoms with Crippen LogP contribution in [-0.4, -0.2) is 21.5 Å². The highest BCUT2D eigenvalue weighted by Crippen LogP contribution is 2.20. The lowest BCUT2D eigenvalue weighted by Gasteiger charge is -2.24. The summed E-state index contributed by atoms with van der Waals surface area (Å²) in [5.41, 5.74) is 4.42. The van der Waals surface area contributed by atoms with Crippen molar-refractivity contribution in [1.82, 2.24) is 15.0 Å². The highest BCUT2D eigenvalue weighted by Gasteiger charge is 2.13. The number of anilines is 2. The van der Waals surface area contributed by atoms with Gasteiger partial charge in [-0.1, -0.05) is 6.07 Å². The van der Waals surface area contributed by atoms with E-state index in [0.717, 1.165) is 16.9 Å². The van der Waals surface area contributed by atoms with Crippen LogP contribution in [0.5, 0.6) is 0 Å². The summed E-state index contributed by atoms with van der Waals surface area (Å²) >= 11 is 0. The van der Waals surface area contributed by atoms with E-state index in [4.69, 9.17) is 11.1 Å². The van der Waals surface area contributed by atoms with E-state index in [0.29, 0.717) is 25.5 Å². The molecule has 21 heavy (non-hydrogen) atoms. The van der Waals surface area contributed by atoms with Gasteiger partial charge in [-0.3, -0.25) is 10.4 Å². The van der Waals surface area contributed by atoms with E-state index in [9.17, 15) is 0 Å². The zero-order valence-corrected chi connectivity index (χ0v) is 11.8. The number of nitrogens with zero attached hydrogens (tertiary/aromatic N) is 5. The molecule has 108 valence electrons. The van der Waals surface area contributed by atoms with Crippen molar-refractivity contribution in [3.8, 4) is 6.07 Å². The highest BCUT2D eigenvalue weighted by atomic mass is 15.3. The summed E-state index contributed by atoms with van der Waals surface area (Å²) in [6.45, 7) is 3.13. The van der Waals surface area contributed by atoms with Crippen molar-refractivity contribution >= 4 is 11.8 Å². The zero-order chi connectivity index (χ0) is 15.1. The highest BCUT2D eigenvalue weighted by molar-refractivity contribution is 5.49. The van der Waals surface area contributed by atoms with Crippen LogP contribution in [0.2, 0.25) is 0 Å². The average molecular weight is 283 g/mol. The number of nitrogens with two attached hydrogens (primary N) is 1. The van der Waals surface area contributed by atoms with Gasteiger partial charge in [-0.2, -0.15) is 10.2 Å². The molecule has 0 saturated carbocycles. The number of aromatic nitrogens is 3. The number of rotatable bonds is 6. The van der Waals surface area contributed by atoms with Gasteiger partial charge >= 0.3 is 0 Å². The first-order valence-electron chi connectivity index (χ1n) is 6.55. The number of hydrogen-bond donors (Lipinski definition) is 2. The number of hydrazine groups is 1. The molecular formula is C14H17N7. The Hall–Kier alpha value is -2.72. The van der Waals surface area contributed by atoms with Crippen LogP contribution in [0.1, 0.15) is 17.5 Å². The van der Waals surface area contributed by atoms with Crippen LogP contribution in [0.15, 0.2) is 30.7 Å². The molecule has 0 radical (unpaired) electrons. The quantitative estimate of drug-likeness (QED) is 0.609. The molecule has 0 amide bonds. The molecule has 0 unspecified atom stereocenters. The Morgan fingerprint density at radius 3 is 2.95 bits per heavy atom. The van der Waals surface area contributed by atoms with Crippen molar-refractivity contribution in [2.75, 3.05) is 16.9 Å². The number of pyridine rings is 1. The number of aryl methyl sites for hydroxylation is 1. The third-order valence-corrected chi connectivity index (χ3v) is 2.96. The minimum absolute atomic E-state index is 0.351. The van der Waals surface area contributed by atoms with Gasteiger partial charge in [-0.05, 0) is 18.6 Å². The van der Waals surface area contributed by atoms with Crippen LogP contribution in [-0.2, 0) is 6.54 Å². The first-order chi connectivity index (χ1) is 10.2. The van der Waals surface area contributed by atoms with E-state index >= 15 is 0 Å². The summed E-state index contributed by atoms with van der Waals surface area (Å²) in [5, 5.41) is 8.84. The first kappa shape index (κ1) is 14.7. The van der Waals surface area contributed by atoms with E-state index in [1.54, 1.807) is 18.6 Å². The van der Waals surface area contributed by atoms with Crippen molar-refractivity contribution in [3.05, 3.63) is 41.9 Å². The summed E-state index contributed by atoms with van der Waals surface area (Å²) < 4.78 is 0. The summed E-state index contributed by atoms with van der Waals surface area (Å²) in [7, 11) is 0. The van der Waals surface area contributed by atoms with Crippen LogP contribution in [0.4, 0.5) is 11.8 Å². The van der Waals surface area contributed by atoms with Gasteiger partial charge in [0, 0.05) is 37.2 Å². The van der Waals surface area contributed by atoms with E-state index in [2.05, 4.69) is 26.4 Å². The van der Waals surface area contributed by atoms with Crippen LogP contribution < -0.4 is 16.2 Å². The fraction of sp³-hybridized carbons (Fsp3) is 0.286. The van der Waals surface area contributed by atoms with Gasteiger partial charge in [-0.15, -0.1) is 0 Å². The molecule has 0 aliphatic heterocycles. The van der Waals surface area contributed by atoms with Gasteiger partial charge in [0.15, 0.2) is 0 Å². The smallest absolute Gasteiger partial charge is 0.239 e. The van der Waals surface area contributed by atoms with E-state index < -0.39 is 0 Å². The summed E-state index contributed by atoms with van der Waals surface area (Å²) in [5.74, 6) is 6.48. The number of nitriles is 1. The number of nitrogens with one attached hydrogen (secondary N) is 1. The third kappa shape index (κ3) is 3.87. The third-order valence-electron chi connectivity index (χ3n) is 2.96. The lowest BCUT2D eigenvalue weighted by molar-refractivity contribution is 0.773. The lowest BCUT2D eigenvalue weighted by Crippen LogP contribution is -2.26. The predicted octanol–water partition coefficient (Wildman–Crippen LogP) is 1.39. The molecule has 0 aliphatic rings. The van der Waals surface area contributed by atoms with Gasteiger partial charge in [0.05, 0.1) is 12.5 Å². The Labute approximate surface area is 123 Å². The van der Waals surface area contributed by atoms with Crippen molar-refractivity contribution in [2.24, 2.45) is 5.84 Å². The molecule has 0 spiro atoms. The van der Waals surface area contributed by atoms with Gasteiger partial charge in [-0.25, -0.2) is 10.8 Å². The minimum Gasteiger partial charge on any atom is -0.351 e. The van der Waals surface area contributed by atoms with E-state index in [-0.39, 0.29) is 0 Å². The first-order valence-corrected chi connectivity index (χ1v) is 6.55. The molecule has 0 saturated heterocycles. The molecule has 3 N–H and O–H groups in total. The largest absolute Gasteiger partial charge is 0.351 e. The Bertz CT molecular complexity index is 621. The van der Waals surface area contributed by atoms with Crippen LogP contribution >= 0.6 is 0 Å². The molecule has 0 atom stereocenters. The maximum Gasteiger partial charge on any atom is 0.239 e. The molecule has 0 aromatic carbocycles. The van der Waals surface area contributed by atoms with Crippen molar-refractivity contribution in [3.63, 3.8) is 0 Å². The standard InChI is InChI=1S/C14H17N7/c1-11-8-18-14(20-16)19-13(11)21(7-3-5-15)10-12-4-2-6-17-9-12/h2,4,6,8-9H,3,7,10,16H2,1H3,(H,18,19,20). The topological polar surface area (TPSA) is 104 Å². The van der Waals surface area contributed by atoms with Crippen molar-refractivity contribution in [1.29, 1.82) is 5.26 Å². The molecule has 2 aromatic rings. The lowest BCUT2D eigenvalue weighted by atomic mass is 10.2.